The average molecular weight is 204 g/mol. The first-order chi connectivity index (χ1) is 6.42. The fourth-order valence-electron chi connectivity index (χ4n) is 0.871. The van der Waals surface area contributed by atoms with Crippen LogP contribution in [0.1, 0.15) is 40.5 Å². The SMILES string of the molecule is C1CCOOC1.CC(=O)OC(C)(C)C. The first-order valence-electron chi connectivity index (χ1n) is 4.86. The highest BCUT2D eigenvalue weighted by atomic mass is 17.2. The number of carbonyl (C=O) groups is 1. The molecule has 4 heteroatoms. The van der Waals surface area contributed by atoms with Gasteiger partial charge in [-0.15, -0.1) is 0 Å². The molecule has 0 saturated carbocycles. The lowest BCUT2D eigenvalue weighted by atomic mass is 10.2. The van der Waals surface area contributed by atoms with Crippen molar-refractivity contribution in [3.63, 3.8) is 0 Å². The van der Waals surface area contributed by atoms with E-state index in [0.29, 0.717) is 0 Å². The molecule has 0 radical (unpaired) electrons. The molecule has 1 rings (SSSR count). The summed E-state index contributed by atoms with van der Waals surface area (Å²) in [4.78, 5) is 19.4. The normalized spacial score (nSPS) is 16.6. The molecule has 0 N–H and O–H groups in total. The molecule has 84 valence electrons. The van der Waals surface area contributed by atoms with Crippen molar-refractivity contribution in [1.82, 2.24) is 0 Å². The smallest absolute Gasteiger partial charge is 0.303 e. The van der Waals surface area contributed by atoms with Crippen molar-refractivity contribution in [2.24, 2.45) is 0 Å². The fourth-order valence-corrected chi connectivity index (χ4v) is 0.871. The van der Waals surface area contributed by atoms with Crippen LogP contribution < -0.4 is 0 Å². The van der Waals surface area contributed by atoms with Crippen LogP contribution in [-0.2, 0) is 19.3 Å². The largest absolute Gasteiger partial charge is 0.460 e. The van der Waals surface area contributed by atoms with Crippen molar-refractivity contribution >= 4 is 5.97 Å². The third kappa shape index (κ3) is 11.4. The molecule has 0 bridgehead atoms. The van der Waals surface area contributed by atoms with E-state index in [1.165, 1.54) is 6.92 Å². The van der Waals surface area contributed by atoms with E-state index in [0.717, 1.165) is 26.1 Å². The second-order valence-corrected chi connectivity index (χ2v) is 4.06. The number of hydrogen-bond acceptors (Lipinski definition) is 4. The third-order valence-corrected chi connectivity index (χ3v) is 1.24. The lowest BCUT2D eigenvalue weighted by molar-refractivity contribution is -0.312. The van der Waals surface area contributed by atoms with Crippen molar-refractivity contribution < 1.29 is 19.3 Å². The van der Waals surface area contributed by atoms with E-state index in [1.54, 1.807) is 0 Å². The summed E-state index contributed by atoms with van der Waals surface area (Å²) in [5.74, 6) is -0.225. The Kier molecular flexibility index (Phi) is 6.49. The van der Waals surface area contributed by atoms with E-state index < -0.39 is 0 Å². The lowest BCUT2D eigenvalue weighted by Crippen LogP contribution is -2.21. The first-order valence-corrected chi connectivity index (χ1v) is 4.86. The van der Waals surface area contributed by atoms with Gasteiger partial charge >= 0.3 is 5.97 Å². The summed E-state index contributed by atoms with van der Waals surface area (Å²) in [5.41, 5.74) is -0.328. The van der Waals surface area contributed by atoms with Crippen LogP contribution in [0.3, 0.4) is 0 Å². The van der Waals surface area contributed by atoms with E-state index in [4.69, 9.17) is 4.74 Å². The Morgan fingerprint density at radius 3 is 1.64 bits per heavy atom. The molecule has 0 aromatic heterocycles. The van der Waals surface area contributed by atoms with Gasteiger partial charge in [0.25, 0.3) is 0 Å². The summed E-state index contributed by atoms with van der Waals surface area (Å²) < 4.78 is 4.80. The number of carbonyl (C=O) groups excluding carboxylic acids is 1. The Hall–Kier alpha value is -0.610. The molecule has 1 aliphatic rings. The monoisotopic (exact) mass is 204 g/mol. The summed E-state index contributed by atoms with van der Waals surface area (Å²) in [7, 11) is 0. The van der Waals surface area contributed by atoms with Crippen LogP contribution in [-0.4, -0.2) is 24.8 Å². The number of esters is 1. The standard InChI is InChI=1S/C6H12O2.C4H8O2/c1-5(7)8-6(2,3)4;1-2-4-6-5-3-1/h1-4H3;1-4H2. The maximum absolute atomic E-state index is 10.2. The zero-order valence-corrected chi connectivity index (χ0v) is 9.46. The van der Waals surface area contributed by atoms with E-state index in [9.17, 15) is 4.79 Å². The quantitative estimate of drug-likeness (QED) is 0.447. The average Bonchev–Trinajstić information content (AvgIpc) is 2.03. The molecule has 0 unspecified atom stereocenters. The molecule has 1 heterocycles. The van der Waals surface area contributed by atoms with Gasteiger partial charge in [-0.2, -0.15) is 0 Å². The Morgan fingerprint density at radius 2 is 1.57 bits per heavy atom. The Bertz CT molecular complexity index is 144. The first kappa shape index (κ1) is 13.4. The van der Waals surface area contributed by atoms with Crippen LogP contribution in [0.5, 0.6) is 0 Å². The van der Waals surface area contributed by atoms with Crippen LogP contribution in [0.2, 0.25) is 0 Å². The third-order valence-electron chi connectivity index (χ3n) is 1.24. The lowest BCUT2D eigenvalue weighted by Gasteiger charge is -2.17. The minimum Gasteiger partial charge on any atom is -0.460 e. The van der Waals surface area contributed by atoms with E-state index in [-0.39, 0.29) is 11.6 Å². The van der Waals surface area contributed by atoms with Crippen LogP contribution in [0.15, 0.2) is 0 Å². The molecule has 14 heavy (non-hydrogen) atoms. The second kappa shape index (κ2) is 6.79. The van der Waals surface area contributed by atoms with E-state index in [1.807, 2.05) is 20.8 Å². The van der Waals surface area contributed by atoms with Crippen LogP contribution in [0.4, 0.5) is 0 Å². The highest BCUT2D eigenvalue weighted by molar-refractivity contribution is 5.66. The van der Waals surface area contributed by atoms with E-state index in [2.05, 4.69) is 9.78 Å². The molecule has 4 nitrogen and oxygen atoms in total. The molecule has 0 aromatic carbocycles. The minimum atomic E-state index is -0.328. The van der Waals surface area contributed by atoms with Gasteiger partial charge in [-0.1, -0.05) is 0 Å². The van der Waals surface area contributed by atoms with Gasteiger partial charge in [0.15, 0.2) is 0 Å². The van der Waals surface area contributed by atoms with Crippen molar-refractivity contribution in [2.75, 3.05) is 13.2 Å². The molecule has 0 spiro atoms. The minimum absolute atomic E-state index is 0.225. The molecule has 0 aromatic rings. The highest BCUT2D eigenvalue weighted by Gasteiger charge is 2.11. The molecular formula is C10H20O4. The molecule has 1 fully saturated rings. The summed E-state index contributed by atoms with van der Waals surface area (Å²) in [6.45, 7) is 8.49. The Labute approximate surface area is 85.5 Å². The topological polar surface area (TPSA) is 44.8 Å². The zero-order chi connectivity index (χ0) is 11.0. The molecule has 0 aliphatic carbocycles. The molecule has 1 saturated heterocycles. The van der Waals surface area contributed by atoms with Crippen molar-refractivity contribution in [3.05, 3.63) is 0 Å². The number of hydrogen-bond donors (Lipinski definition) is 0. The summed E-state index contributed by atoms with van der Waals surface area (Å²) in [6, 6.07) is 0. The summed E-state index contributed by atoms with van der Waals surface area (Å²) in [6.07, 6.45) is 2.31. The van der Waals surface area contributed by atoms with Gasteiger partial charge in [0, 0.05) is 6.92 Å². The Balaban J connectivity index is 0.000000249. The maximum atomic E-state index is 10.2. The van der Waals surface area contributed by atoms with Gasteiger partial charge in [0.05, 0.1) is 13.2 Å². The van der Waals surface area contributed by atoms with Crippen molar-refractivity contribution in [2.45, 2.75) is 46.1 Å². The highest BCUT2D eigenvalue weighted by Crippen LogP contribution is 2.05. The summed E-state index contributed by atoms with van der Waals surface area (Å²) in [5, 5.41) is 0. The van der Waals surface area contributed by atoms with Gasteiger partial charge in [-0.3, -0.25) is 4.79 Å². The number of rotatable bonds is 0. The zero-order valence-electron chi connectivity index (χ0n) is 9.46. The van der Waals surface area contributed by atoms with Crippen molar-refractivity contribution in [3.8, 4) is 0 Å². The van der Waals surface area contributed by atoms with Gasteiger partial charge in [-0.25, -0.2) is 9.78 Å². The van der Waals surface area contributed by atoms with E-state index >= 15 is 0 Å². The van der Waals surface area contributed by atoms with Gasteiger partial charge in [-0.05, 0) is 33.6 Å². The van der Waals surface area contributed by atoms with Gasteiger partial charge in [0.2, 0.25) is 0 Å². The molecular weight excluding hydrogens is 184 g/mol. The van der Waals surface area contributed by atoms with Crippen LogP contribution >= 0.6 is 0 Å². The maximum Gasteiger partial charge on any atom is 0.303 e. The number of ether oxygens (including phenoxy) is 1. The fraction of sp³-hybridized carbons (Fsp3) is 0.900. The second-order valence-electron chi connectivity index (χ2n) is 4.06. The van der Waals surface area contributed by atoms with Crippen LogP contribution in [0.25, 0.3) is 0 Å². The van der Waals surface area contributed by atoms with Crippen molar-refractivity contribution in [1.29, 1.82) is 0 Å². The predicted molar refractivity (Wildman–Crippen MR) is 52.7 cm³/mol. The Morgan fingerprint density at radius 1 is 1.14 bits per heavy atom. The van der Waals surface area contributed by atoms with Crippen LogP contribution in [0, 0.1) is 0 Å². The summed E-state index contributed by atoms with van der Waals surface area (Å²) >= 11 is 0. The molecule has 0 amide bonds. The molecule has 0 atom stereocenters. The van der Waals surface area contributed by atoms with Gasteiger partial charge < -0.3 is 4.74 Å². The molecule has 1 aliphatic heterocycles. The van der Waals surface area contributed by atoms with Gasteiger partial charge in [0.1, 0.15) is 5.60 Å². The predicted octanol–water partition coefficient (Wildman–Crippen LogP) is 2.08.